The fourth-order valence-electron chi connectivity index (χ4n) is 0.873. The van der Waals surface area contributed by atoms with E-state index in [2.05, 4.69) is 26.2 Å². The number of halogens is 2. The lowest BCUT2D eigenvalue weighted by Gasteiger charge is -2.10. The molecule has 0 saturated heterocycles. The van der Waals surface area contributed by atoms with Crippen molar-refractivity contribution in [2.75, 3.05) is 11.9 Å². The summed E-state index contributed by atoms with van der Waals surface area (Å²) in [6.45, 7) is 2.04. The molecule has 0 aliphatic carbocycles. The van der Waals surface area contributed by atoms with Crippen LogP contribution >= 0.6 is 27.5 Å². The normalized spacial score (nSPS) is 12.3. The lowest BCUT2D eigenvalue weighted by atomic mass is 10.1. The number of carbonyl (C=O) groups is 1. The summed E-state index contributed by atoms with van der Waals surface area (Å²) in [7, 11) is 0. The second kappa shape index (κ2) is 5.44. The van der Waals surface area contributed by atoms with Gasteiger partial charge >= 0.3 is 0 Å². The molecule has 0 aliphatic heterocycles. The molecule has 1 atom stereocenters. The van der Waals surface area contributed by atoms with E-state index < -0.39 is 0 Å². The third-order valence-electron chi connectivity index (χ3n) is 1.86. The van der Waals surface area contributed by atoms with Gasteiger partial charge in [-0.1, -0.05) is 18.5 Å². The van der Waals surface area contributed by atoms with Crippen LogP contribution in [0.4, 0.5) is 5.69 Å². The van der Waals surface area contributed by atoms with Crippen molar-refractivity contribution in [1.82, 2.24) is 4.98 Å². The minimum absolute atomic E-state index is 0.167. The Balaban J connectivity index is 2.80. The largest absolute Gasteiger partial charge is 0.330 e. The Morgan fingerprint density at radius 2 is 2.47 bits per heavy atom. The van der Waals surface area contributed by atoms with E-state index in [0.717, 1.165) is 4.47 Å². The van der Waals surface area contributed by atoms with E-state index in [1.165, 1.54) is 0 Å². The molecule has 1 aromatic heterocycles. The number of amides is 1. The highest BCUT2D eigenvalue weighted by Crippen LogP contribution is 2.23. The Hall–Kier alpha value is -0.650. The van der Waals surface area contributed by atoms with Gasteiger partial charge in [0.05, 0.1) is 5.69 Å². The summed E-state index contributed by atoms with van der Waals surface area (Å²) in [5, 5.41) is 2.92. The van der Waals surface area contributed by atoms with Crippen LogP contribution in [0, 0.1) is 5.92 Å². The summed E-state index contributed by atoms with van der Waals surface area (Å²) in [5.74, 6) is -0.417. The zero-order valence-corrected chi connectivity index (χ0v) is 10.5. The number of hydrogen-bond acceptors (Lipinski definition) is 3. The fourth-order valence-corrected chi connectivity index (χ4v) is 1.36. The molecular formula is C9H11BrClN3O. The Morgan fingerprint density at radius 3 is 3.07 bits per heavy atom. The second-order valence-electron chi connectivity index (χ2n) is 3.12. The van der Waals surface area contributed by atoms with Crippen molar-refractivity contribution in [3.05, 3.63) is 21.9 Å². The van der Waals surface area contributed by atoms with Crippen molar-refractivity contribution in [2.45, 2.75) is 6.92 Å². The molecule has 0 saturated carbocycles. The molecule has 1 aromatic rings. The van der Waals surface area contributed by atoms with Gasteiger partial charge in [0.15, 0.2) is 5.15 Å². The van der Waals surface area contributed by atoms with E-state index in [9.17, 15) is 4.79 Å². The summed E-state index contributed by atoms with van der Waals surface area (Å²) >= 11 is 9.05. The molecule has 82 valence electrons. The maximum absolute atomic E-state index is 11.5. The molecule has 1 rings (SSSR count). The smallest absolute Gasteiger partial charge is 0.228 e. The molecule has 6 heteroatoms. The summed E-state index contributed by atoms with van der Waals surface area (Å²) < 4.78 is 0.752. The summed E-state index contributed by atoms with van der Waals surface area (Å²) in [4.78, 5) is 15.4. The van der Waals surface area contributed by atoms with Crippen molar-refractivity contribution in [3.63, 3.8) is 0 Å². The monoisotopic (exact) mass is 291 g/mol. The summed E-state index contributed by atoms with van der Waals surface area (Å²) in [6, 6.07) is 1.69. The number of rotatable bonds is 3. The maximum atomic E-state index is 11.5. The van der Waals surface area contributed by atoms with Crippen LogP contribution in [-0.2, 0) is 4.79 Å². The standard InChI is InChI=1S/C9H11BrClN3O/c1-5(3-12)9(15)14-7-2-6(10)4-13-8(7)11/h2,4-5H,3,12H2,1H3,(H,14,15). The van der Waals surface area contributed by atoms with Gasteiger partial charge in [0.1, 0.15) is 0 Å². The molecular weight excluding hydrogens is 281 g/mol. The van der Waals surface area contributed by atoms with E-state index >= 15 is 0 Å². The lowest BCUT2D eigenvalue weighted by Crippen LogP contribution is -2.26. The van der Waals surface area contributed by atoms with Gasteiger partial charge in [0.2, 0.25) is 5.91 Å². The molecule has 0 radical (unpaired) electrons. The minimum Gasteiger partial charge on any atom is -0.330 e. The Bertz CT molecular complexity index is 372. The average molecular weight is 293 g/mol. The quantitative estimate of drug-likeness (QED) is 0.838. The Kier molecular flexibility index (Phi) is 4.50. The maximum Gasteiger partial charge on any atom is 0.228 e. The molecule has 4 nitrogen and oxygen atoms in total. The zero-order chi connectivity index (χ0) is 11.4. The van der Waals surface area contributed by atoms with Crippen LogP contribution in [0.1, 0.15) is 6.92 Å². The predicted molar refractivity (Wildman–Crippen MR) is 63.8 cm³/mol. The van der Waals surface area contributed by atoms with Crippen LogP contribution in [-0.4, -0.2) is 17.4 Å². The van der Waals surface area contributed by atoms with E-state index in [1.54, 1.807) is 19.2 Å². The molecule has 0 aromatic carbocycles. The number of carbonyl (C=O) groups excluding carboxylic acids is 1. The van der Waals surface area contributed by atoms with Crippen LogP contribution in [0.3, 0.4) is 0 Å². The Morgan fingerprint density at radius 1 is 1.80 bits per heavy atom. The molecule has 0 fully saturated rings. The van der Waals surface area contributed by atoms with Gasteiger partial charge in [-0.05, 0) is 22.0 Å². The SMILES string of the molecule is CC(CN)C(=O)Nc1cc(Br)cnc1Cl. The van der Waals surface area contributed by atoms with E-state index in [4.69, 9.17) is 17.3 Å². The van der Waals surface area contributed by atoms with Crippen molar-refractivity contribution in [3.8, 4) is 0 Å². The first-order valence-electron chi connectivity index (χ1n) is 4.36. The topological polar surface area (TPSA) is 68.0 Å². The molecule has 0 spiro atoms. The predicted octanol–water partition coefficient (Wildman–Crippen LogP) is 2.03. The minimum atomic E-state index is -0.250. The third-order valence-corrected chi connectivity index (χ3v) is 2.60. The van der Waals surface area contributed by atoms with Crippen molar-refractivity contribution >= 4 is 39.1 Å². The second-order valence-corrected chi connectivity index (χ2v) is 4.39. The van der Waals surface area contributed by atoms with E-state index in [1.807, 2.05) is 0 Å². The number of hydrogen-bond donors (Lipinski definition) is 2. The molecule has 0 aliphatic rings. The van der Waals surface area contributed by atoms with Gasteiger partial charge in [-0.15, -0.1) is 0 Å². The third kappa shape index (κ3) is 3.44. The number of anilines is 1. The molecule has 15 heavy (non-hydrogen) atoms. The first-order chi connectivity index (χ1) is 7.04. The molecule has 0 bridgehead atoms. The van der Waals surface area contributed by atoms with Gasteiger partial charge in [-0.3, -0.25) is 4.79 Å². The highest BCUT2D eigenvalue weighted by atomic mass is 79.9. The molecule has 3 N–H and O–H groups in total. The van der Waals surface area contributed by atoms with Gasteiger partial charge in [0.25, 0.3) is 0 Å². The summed E-state index contributed by atoms with van der Waals surface area (Å²) in [6.07, 6.45) is 1.56. The average Bonchev–Trinajstić information content (AvgIpc) is 2.22. The first kappa shape index (κ1) is 12.4. The van der Waals surface area contributed by atoms with Crippen LogP contribution < -0.4 is 11.1 Å². The number of pyridine rings is 1. The number of nitrogens with zero attached hydrogens (tertiary/aromatic N) is 1. The van der Waals surface area contributed by atoms with E-state index in [-0.39, 0.29) is 17.0 Å². The fraction of sp³-hybridized carbons (Fsp3) is 0.333. The first-order valence-corrected chi connectivity index (χ1v) is 5.53. The van der Waals surface area contributed by atoms with Gasteiger partial charge in [-0.2, -0.15) is 0 Å². The van der Waals surface area contributed by atoms with Crippen LogP contribution in [0.2, 0.25) is 5.15 Å². The molecule has 1 heterocycles. The van der Waals surface area contributed by atoms with Crippen molar-refractivity contribution in [1.29, 1.82) is 0 Å². The van der Waals surface area contributed by atoms with Crippen LogP contribution in [0.5, 0.6) is 0 Å². The molecule has 1 amide bonds. The van der Waals surface area contributed by atoms with Crippen molar-refractivity contribution in [2.24, 2.45) is 11.7 Å². The number of aromatic nitrogens is 1. The Labute approximate surface area is 101 Å². The zero-order valence-electron chi connectivity index (χ0n) is 8.13. The van der Waals surface area contributed by atoms with Gasteiger partial charge < -0.3 is 11.1 Å². The van der Waals surface area contributed by atoms with Gasteiger partial charge in [0, 0.05) is 23.1 Å². The highest BCUT2D eigenvalue weighted by Gasteiger charge is 2.13. The molecule has 1 unspecified atom stereocenters. The van der Waals surface area contributed by atoms with Gasteiger partial charge in [-0.25, -0.2) is 4.98 Å². The highest BCUT2D eigenvalue weighted by molar-refractivity contribution is 9.10. The van der Waals surface area contributed by atoms with E-state index in [0.29, 0.717) is 12.2 Å². The number of nitrogens with two attached hydrogens (primary N) is 1. The summed E-state index contributed by atoms with van der Waals surface area (Å²) in [5.41, 5.74) is 5.86. The van der Waals surface area contributed by atoms with Crippen LogP contribution in [0.15, 0.2) is 16.7 Å². The lowest BCUT2D eigenvalue weighted by molar-refractivity contribution is -0.119. The van der Waals surface area contributed by atoms with Crippen molar-refractivity contribution < 1.29 is 4.79 Å². The van der Waals surface area contributed by atoms with Crippen LogP contribution in [0.25, 0.3) is 0 Å². The number of nitrogens with one attached hydrogen (secondary N) is 1.